The first-order valence-electron chi connectivity index (χ1n) is 5.28. The average molecular weight is 225 g/mol. The number of nitrogens with one attached hydrogen (secondary N) is 2. The van der Waals surface area contributed by atoms with Gasteiger partial charge in [0.2, 0.25) is 0 Å². The van der Waals surface area contributed by atoms with Gasteiger partial charge in [-0.3, -0.25) is 0 Å². The van der Waals surface area contributed by atoms with Gasteiger partial charge in [-0.25, -0.2) is 4.79 Å². The fourth-order valence-corrected chi connectivity index (χ4v) is 1.56. The smallest absolute Gasteiger partial charge is 0.315 e. The van der Waals surface area contributed by atoms with E-state index in [0.29, 0.717) is 19.8 Å². The lowest BCUT2D eigenvalue weighted by Gasteiger charge is -2.10. The van der Waals surface area contributed by atoms with Gasteiger partial charge in [0.15, 0.2) is 0 Å². The largest absolute Gasteiger partial charge is 0.379 e. The second kappa shape index (κ2) is 4.98. The van der Waals surface area contributed by atoms with Crippen LogP contribution in [0, 0.1) is 6.92 Å². The van der Waals surface area contributed by atoms with Crippen molar-refractivity contribution in [2.75, 3.05) is 13.2 Å². The lowest BCUT2D eigenvalue weighted by atomic mass is 10.3. The first-order chi connectivity index (χ1) is 7.74. The van der Waals surface area contributed by atoms with Gasteiger partial charge in [0.1, 0.15) is 11.5 Å². The van der Waals surface area contributed by atoms with Crippen molar-refractivity contribution in [3.63, 3.8) is 0 Å². The monoisotopic (exact) mass is 225 g/mol. The summed E-state index contributed by atoms with van der Waals surface area (Å²) in [6.45, 7) is 3.49. The van der Waals surface area contributed by atoms with Gasteiger partial charge in [-0.05, 0) is 13.3 Å². The molecule has 1 aliphatic rings. The molecule has 2 N–H and O–H groups in total. The van der Waals surface area contributed by atoms with Crippen LogP contribution >= 0.6 is 0 Å². The molecule has 0 aliphatic carbocycles. The topological polar surface area (TPSA) is 76.4 Å². The minimum atomic E-state index is -0.198. The third-order valence-corrected chi connectivity index (χ3v) is 2.37. The molecule has 2 rings (SSSR count). The van der Waals surface area contributed by atoms with Crippen LogP contribution in [0.2, 0.25) is 0 Å². The number of urea groups is 1. The van der Waals surface area contributed by atoms with Gasteiger partial charge in [-0.15, -0.1) is 0 Å². The molecule has 0 bridgehead atoms. The van der Waals surface area contributed by atoms with E-state index in [2.05, 4.69) is 15.8 Å². The number of nitrogens with zero attached hydrogens (tertiary/aromatic N) is 1. The van der Waals surface area contributed by atoms with Crippen molar-refractivity contribution in [1.29, 1.82) is 0 Å². The third kappa shape index (κ3) is 2.96. The minimum Gasteiger partial charge on any atom is -0.379 e. The number of hydrogen-bond acceptors (Lipinski definition) is 4. The normalized spacial score (nSPS) is 19.7. The zero-order valence-electron chi connectivity index (χ0n) is 9.16. The van der Waals surface area contributed by atoms with E-state index in [1.165, 1.54) is 0 Å². The predicted octanol–water partition coefficient (Wildman–Crippen LogP) is 0.571. The van der Waals surface area contributed by atoms with E-state index >= 15 is 0 Å². The van der Waals surface area contributed by atoms with Crippen LogP contribution in [0.25, 0.3) is 0 Å². The maximum Gasteiger partial charge on any atom is 0.315 e. The molecule has 1 saturated heterocycles. The standard InChI is InChI=1S/C10H15N3O3/c1-7-4-9(13-16-7)5-11-10(14)12-8-2-3-15-6-8/h4,8H,2-3,5-6H2,1H3,(H2,11,12,14). The summed E-state index contributed by atoms with van der Waals surface area (Å²) in [5.41, 5.74) is 0.718. The summed E-state index contributed by atoms with van der Waals surface area (Å²) in [4.78, 5) is 11.4. The molecule has 2 heterocycles. The summed E-state index contributed by atoms with van der Waals surface area (Å²) in [5, 5.41) is 9.31. The Morgan fingerprint density at radius 3 is 3.19 bits per heavy atom. The summed E-state index contributed by atoms with van der Waals surface area (Å²) < 4.78 is 10.0. The molecule has 1 unspecified atom stereocenters. The first kappa shape index (κ1) is 10.9. The SMILES string of the molecule is Cc1cc(CNC(=O)NC2CCOC2)no1. The number of aryl methyl sites for hydroxylation is 1. The van der Waals surface area contributed by atoms with Crippen LogP contribution in [0.3, 0.4) is 0 Å². The van der Waals surface area contributed by atoms with Crippen molar-refractivity contribution < 1.29 is 14.1 Å². The molecular formula is C10H15N3O3. The minimum absolute atomic E-state index is 0.124. The molecule has 0 spiro atoms. The number of amides is 2. The molecule has 2 amide bonds. The van der Waals surface area contributed by atoms with E-state index in [9.17, 15) is 4.79 Å². The van der Waals surface area contributed by atoms with Gasteiger partial charge in [0.05, 0.1) is 19.2 Å². The quantitative estimate of drug-likeness (QED) is 0.788. The highest BCUT2D eigenvalue weighted by molar-refractivity contribution is 5.74. The second-order valence-electron chi connectivity index (χ2n) is 3.82. The van der Waals surface area contributed by atoms with E-state index in [0.717, 1.165) is 17.9 Å². The van der Waals surface area contributed by atoms with E-state index < -0.39 is 0 Å². The Morgan fingerprint density at radius 2 is 2.56 bits per heavy atom. The van der Waals surface area contributed by atoms with Gasteiger partial charge in [-0.1, -0.05) is 5.16 Å². The van der Waals surface area contributed by atoms with Crippen molar-refractivity contribution in [3.05, 3.63) is 17.5 Å². The van der Waals surface area contributed by atoms with Gasteiger partial charge in [0, 0.05) is 12.7 Å². The Bertz CT molecular complexity index is 358. The Hall–Kier alpha value is -1.56. The second-order valence-corrected chi connectivity index (χ2v) is 3.82. The number of ether oxygens (including phenoxy) is 1. The Balaban J connectivity index is 1.71. The molecule has 16 heavy (non-hydrogen) atoms. The molecule has 6 heteroatoms. The molecule has 0 radical (unpaired) electrons. The van der Waals surface area contributed by atoms with Gasteiger partial charge in [0.25, 0.3) is 0 Å². The van der Waals surface area contributed by atoms with Gasteiger partial charge in [-0.2, -0.15) is 0 Å². The molecule has 1 aliphatic heterocycles. The number of aromatic nitrogens is 1. The van der Waals surface area contributed by atoms with Crippen molar-refractivity contribution in [2.24, 2.45) is 0 Å². The Kier molecular flexibility index (Phi) is 3.40. The zero-order valence-corrected chi connectivity index (χ0v) is 9.16. The summed E-state index contributed by atoms with van der Waals surface area (Å²) in [6.07, 6.45) is 0.872. The molecule has 1 aromatic rings. The highest BCUT2D eigenvalue weighted by atomic mass is 16.5. The van der Waals surface area contributed by atoms with Crippen LogP contribution < -0.4 is 10.6 Å². The van der Waals surface area contributed by atoms with E-state index in [1.54, 1.807) is 6.07 Å². The van der Waals surface area contributed by atoms with Crippen LogP contribution in [0.5, 0.6) is 0 Å². The average Bonchev–Trinajstić information content (AvgIpc) is 2.87. The van der Waals surface area contributed by atoms with Crippen LogP contribution in [-0.4, -0.2) is 30.4 Å². The molecule has 6 nitrogen and oxygen atoms in total. The Labute approximate surface area is 93.3 Å². The molecule has 0 saturated carbocycles. The maximum atomic E-state index is 11.4. The van der Waals surface area contributed by atoms with Crippen molar-refractivity contribution >= 4 is 6.03 Å². The molecule has 88 valence electrons. The lowest BCUT2D eigenvalue weighted by Crippen LogP contribution is -2.42. The summed E-state index contributed by atoms with van der Waals surface area (Å²) >= 11 is 0. The van der Waals surface area contributed by atoms with E-state index in [4.69, 9.17) is 9.26 Å². The predicted molar refractivity (Wildman–Crippen MR) is 55.8 cm³/mol. The fraction of sp³-hybridized carbons (Fsp3) is 0.600. The number of carbonyl (C=O) groups is 1. The highest BCUT2D eigenvalue weighted by Gasteiger charge is 2.17. The molecule has 1 aromatic heterocycles. The van der Waals surface area contributed by atoms with Crippen LogP contribution in [0.1, 0.15) is 17.9 Å². The summed E-state index contributed by atoms with van der Waals surface area (Å²) in [6, 6.07) is 1.72. The molecule has 1 atom stereocenters. The number of rotatable bonds is 3. The van der Waals surface area contributed by atoms with E-state index in [1.807, 2.05) is 6.92 Å². The van der Waals surface area contributed by atoms with Crippen molar-refractivity contribution in [2.45, 2.75) is 25.9 Å². The molecule has 0 aromatic carbocycles. The molecular weight excluding hydrogens is 210 g/mol. The Morgan fingerprint density at radius 1 is 1.69 bits per heavy atom. The van der Waals surface area contributed by atoms with Crippen molar-refractivity contribution in [1.82, 2.24) is 15.8 Å². The van der Waals surface area contributed by atoms with Gasteiger partial charge >= 0.3 is 6.03 Å². The van der Waals surface area contributed by atoms with Crippen LogP contribution in [-0.2, 0) is 11.3 Å². The number of carbonyl (C=O) groups excluding carboxylic acids is 1. The molecule has 1 fully saturated rings. The first-order valence-corrected chi connectivity index (χ1v) is 5.28. The van der Waals surface area contributed by atoms with Crippen LogP contribution in [0.15, 0.2) is 10.6 Å². The lowest BCUT2D eigenvalue weighted by molar-refractivity contribution is 0.188. The summed E-state index contributed by atoms with van der Waals surface area (Å²) in [7, 11) is 0. The van der Waals surface area contributed by atoms with E-state index in [-0.39, 0.29) is 12.1 Å². The third-order valence-electron chi connectivity index (χ3n) is 2.37. The maximum absolute atomic E-state index is 11.4. The van der Waals surface area contributed by atoms with Crippen LogP contribution in [0.4, 0.5) is 4.79 Å². The number of hydrogen-bond donors (Lipinski definition) is 2. The van der Waals surface area contributed by atoms with Crippen molar-refractivity contribution in [3.8, 4) is 0 Å². The highest BCUT2D eigenvalue weighted by Crippen LogP contribution is 2.03. The summed E-state index contributed by atoms with van der Waals surface area (Å²) in [5.74, 6) is 0.737. The fourth-order valence-electron chi connectivity index (χ4n) is 1.56. The van der Waals surface area contributed by atoms with Gasteiger partial charge < -0.3 is 19.9 Å². The zero-order chi connectivity index (χ0) is 11.4.